The molecule has 3 rings (SSSR count). The predicted octanol–water partition coefficient (Wildman–Crippen LogP) is 3.13. The van der Waals surface area contributed by atoms with Crippen LogP contribution < -0.4 is 10.1 Å². The van der Waals surface area contributed by atoms with E-state index in [1.54, 1.807) is 6.26 Å². The molecule has 2 heterocycles. The molecule has 4 heteroatoms. The molecule has 0 aliphatic carbocycles. The first-order chi connectivity index (χ1) is 10.4. The Labute approximate surface area is 125 Å². The Hall–Kier alpha value is -1.78. The number of nitrogens with one attached hydrogen (secondary N) is 1. The van der Waals surface area contributed by atoms with Crippen molar-refractivity contribution in [2.75, 3.05) is 13.2 Å². The third kappa shape index (κ3) is 4.34. The van der Waals surface area contributed by atoms with Crippen molar-refractivity contribution < 1.29 is 13.9 Å². The minimum atomic E-state index is 0.264. The lowest BCUT2D eigenvalue weighted by atomic mass is 10.2. The molecule has 0 amide bonds. The van der Waals surface area contributed by atoms with Crippen molar-refractivity contribution in [1.82, 2.24) is 5.32 Å². The highest BCUT2D eigenvalue weighted by molar-refractivity contribution is 5.27. The van der Waals surface area contributed by atoms with Gasteiger partial charge in [0.1, 0.15) is 18.1 Å². The van der Waals surface area contributed by atoms with Crippen LogP contribution in [0.15, 0.2) is 47.1 Å². The van der Waals surface area contributed by atoms with Crippen molar-refractivity contribution in [2.45, 2.75) is 32.0 Å². The second-order valence-corrected chi connectivity index (χ2v) is 5.27. The zero-order chi connectivity index (χ0) is 14.3. The molecule has 1 aliphatic heterocycles. The standard InChI is InChI=1S/C17H21NO3/c1-3-16(19-9-1)12-18-11-14-5-7-15(8-6-14)21-13-17-4-2-10-20-17/h1,3,5-9,17-18H,2,4,10-13H2. The van der Waals surface area contributed by atoms with Crippen LogP contribution in [0.4, 0.5) is 0 Å². The number of benzene rings is 1. The molecule has 1 aliphatic rings. The Kier molecular flexibility index (Phi) is 4.92. The van der Waals surface area contributed by atoms with Gasteiger partial charge in [-0.05, 0) is 42.7 Å². The predicted molar refractivity (Wildman–Crippen MR) is 80.2 cm³/mol. The summed E-state index contributed by atoms with van der Waals surface area (Å²) in [6.45, 7) is 3.07. The molecule has 4 nitrogen and oxygen atoms in total. The van der Waals surface area contributed by atoms with Gasteiger partial charge in [-0.25, -0.2) is 0 Å². The van der Waals surface area contributed by atoms with E-state index in [2.05, 4.69) is 17.4 Å². The van der Waals surface area contributed by atoms with Crippen molar-refractivity contribution >= 4 is 0 Å². The molecule has 1 unspecified atom stereocenters. The zero-order valence-corrected chi connectivity index (χ0v) is 12.1. The average molecular weight is 287 g/mol. The van der Waals surface area contributed by atoms with Crippen LogP contribution in [0.1, 0.15) is 24.2 Å². The molecule has 1 atom stereocenters. The van der Waals surface area contributed by atoms with Gasteiger partial charge < -0.3 is 19.2 Å². The van der Waals surface area contributed by atoms with Crippen LogP contribution in [0.2, 0.25) is 0 Å². The third-order valence-corrected chi connectivity index (χ3v) is 3.59. The van der Waals surface area contributed by atoms with Crippen LogP contribution in [0.25, 0.3) is 0 Å². The van der Waals surface area contributed by atoms with Gasteiger partial charge in [0, 0.05) is 13.2 Å². The Bertz CT molecular complexity index is 515. The Balaban J connectivity index is 1.40. The molecule has 112 valence electrons. The molecule has 1 aromatic heterocycles. The van der Waals surface area contributed by atoms with E-state index in [-0.39, 0.29) is 6.10 Å². The summed E-state index contributed by atoms with van der Waals surface area (Å²) in [7, 11) is 0. The third-order valence-electron chi connectivity index (χ3n) is 3.59. The highest BCUT2D eigenvalue weighted by Crippen LogP contribution is 2.16. The zero-order valence-electron chi connectivity index (χ0n) is 12.1. The lowest BCUT2D eigenvalue weighted by Crippen LogP contribution is -2.16. The first kappa shape index (κ1) is 14.2. The molecule has 0 spiro atoms. The topological polar surface area (TPSA) is 43.6 Å². The molecule has 1 fully saturated rings. The SMILES string of the molecule is c1coc(CNCc2ccc(OCC3CCCO3)cc2)c1. The van der Waals surface area contributed by atoms with Crippen molar-refractivity contribution in [3.05, 3.63) is 54.0 Å². The molecule has 0 radical (unpaired) electrons. The van der Waals surface area contributed by atoms with Crippen LogP contribution >= 0.6 is 0 Å². The highest BCUT2D eigenvalue weighted by Gasteiger charge is 2.15. The van der Waals surface area contributed by atoms with Gasteiger partial charge in [0.2, 0.25) is 0 Å². The van der Waals surface area contributed by atoms with Crippen LogP contribution in [0, 0.1) is 0 Å². The van der Waals surface area contributed by atoms with Crippen LogP contribution in [-0.4, -0.2) is 19.3 Å². The molecule has 1 N–H and O–H groups in total. The molecular formula is C17H21NO3. The smallest absolute Gasteiger partial charge is 0.119 e. The van der Waals surface area contributed by atoms with E-state index in [1.807, 2.05) is 24.3 Å². The Morgan fingerprint density at radius 3 is 2.76 bits per heavy atom. The minimum absolute atomic E-state index is 0.264. The Morgan fingerprint density at radius 1 is 1.14 bits per heavy atom. The van der Waals surface area contributed by atoms with Gasteiger partial charge in [0.05, 0.1) is 18.9 Å². The van der Waals surface area contributed by atoms with Crippen LogP contribution in [0.3, 0.4) is 0 Å². The fourth-order valence-electron chi connectivity index (χ4n) is 2.41. The van der Waals surface area contributed by atoms with E-state index in [0.29, 0.717) is 6.61 Å². The van der Waals surface area contributed by atoms with E-state index >= 15 is 0 Å². The molecule has 21 heavy (non-hydrogen) atoms. The van der Waals surface area contributed by atoms with Gasteiger partial charge >= 0.3 is 0 Å². The number of rotatable bonds is 7. The molecule has 1 saturated heterocycles. The molecule has 0 saturated carbocycles. The molecule has 2 aromatic rings. The van der Waals surface area contributed by atoms with E-state index in [1.165, 1.54) is 5.56 Å². The lowest BCUT2D eigenvalue weighted by molar-refractivity contribution is 0.0679. The van der Waals surface area contributed by atoms with Gasteiger partial charge in [0.25, 0.3) is 0 Å². The van der Waals surface area contributed by atoms with Crippen LogP contribution in [0.5, 0.6) is 5.75 Å². The number of hydrogen-bond acceptors (Lipinski definition) is 4. The maximum atomic E-state index is 5.75. The first-order valence-corrected chi connectivity index (χ1v) is 7.46. The summed E-state index contributed by atoms with van der Waals surface area (Å²) in [6, 6.07) is 12.1. The second kappa shape index (κ2) is 7.29. The van der Waals surface area contributed by atoms with E-state index in [4.69, 9.17) is 13.9 Å². The van der Waals surface area contributed by atoms with E-state index in [0.717, 1.165) is 44.0 Å². The monoisotopic (exact) mass is 287 g/mol. The maximum absolute atomic E-state index is 5.75. The van der Waals surface area contributed by atoms with Gasteiger partial charge in [0.15, 0.2) is 0 Å². The summed E-state index contributed by atoms with van der Waals surface area (Å²) in [5.41, 5.74) is 1.23. The van der Waals surface area contributed by atoms with Gasteiger partial charge in [-0.15, -0.1) is 0 Å². The summed E-state index contributed by atoms with van der Waals surface area (Å²) in [4.78, 5) is 0. The van der Waals surface area contributed by atoms with Crippen LogP contribution in [-0.2, 0) is 17.8 Å². The number of furan rings is 1. The van der Waals surface area contributed by atoms with Crippen molar-refractivity contribution in [1.29, 1.82) is 0 Å². The largest absolute Gasteiger partial charge is 0.491 e. The summed E-state index contributed by atoms with van der Waals surface area (Å²) >= 11 is 0. The average Bonchev–Trinajstić information content (AvgIpc) is 3.20. The molecular weight excluding hydrogens is 266 g/mol. The molecule has 0 bridgehead atoms. The summed E-state index contributed by atoms with van der Waals surface area (Å²) in [6.07, 6.45) is 4.21. The normalized spacial score (nSPS) is 18.0. The van der Waals surface area contributed by atoms with Crippen molar-refractivity contribution in [2.24, 2.45) is 0 Å². The first-order valence-electron chi connectivity index (χ1n) is 7.46. The van der Waals surface area contributed by atoms with Crippen molar-refractivity contribution in [3.8, 4) is 5.75 Å². The second-order valence-electron chi connectivity index (χ2n) is 5.27. The van der Waals surface area contributed by atoms with Gasteiger partial charge in [-0.2, -0.15) is 0 Å². The number of ether oxygens (including phenoxy) is 2. The minimum Gasteiger partial charge on any atom is -0.491 e. The van der Waals surface area contributed by atoms with Crippen molar-refractivity contribution in [3.63, 3.8) is 0 Å². The fraction of sp³-hybridized carbons (Fsp3) is 0.412. The summed E-state index contributed by atoms with van der Waals surface area (Å²) < 4.78 is 16.6. The van der Waals surface area contributed by atoms with Gasteiger partial charge in [-0.1, -0.05) is 12.1 Å². The lowest BCUT2D eigenvalue weighted by Gasteiger charge is -2.11. The highest BCUT2D eigenvalue weighted by atomic mass is 16.5. The quantitative estimate of drug-likeness (QED) is 0.849. The maximum Gasteiger partial charge on any atom is 0.119 e. The van der Waals surface area contributed by atoms with E-state index < -0.39 is 0 Å². The van der Waals surface area contributed by atoms with E-state index in [9.17, 15) is 0 Å². The summed E-state index contributed by atoms with van der Waals surface area (Å²) in [5, 5.41) is 3.35. The van der Waals surface area contributed by atoms with Gasteiger partial charge in [-0.3, -0.25) is 0 Å². The fourth-order valence-corrected chi connectivity index (χ4v) is 2.41. The summed E-state index contributed by atoms with van der Waals surface area (Å²) in [5.74, 6) is 1.85. The number of hydrogen-bond donors (Lipinski definition) is 1. The Morgan fingerprint density at radius 2 is 2.05 bits per heavy atom. The molecule has 1 aromatic carbocycles.